The van der Waals surface area contributed by atoms with Crippen LogP contribution in [-0.4, -0.2) is 17.7 Å². The number of benzene rings is 3. The predicted molar refractivity (Wildman–Crippen MR) is 114 cm³/mol. The Balaban J connectivity index is 1.68. The Bertz CT molecular complexity index is 970. The maximum atomic E-state index is 11.1. The highest BCUT2D eigenvalue weighted by Crippen LogP contribution is 2.30. The van der Waals surface area contributed by atoms with Crippen LogP contribution in [0.1, 0.15) is 34.0 Å². The molecular weight excluding hydrogens is 366 g/mol. The average molecular weight is 391 g/mol. The highest BCUT2D eigenvalue weighted by Gasteiger charge is 2.09. The molecule has 29 heavy (non-hydrogen) atoms. The number of nitrogens with one attached hydrogen (secondary N) is 1. The topological polar surface area (TPSA) is 67.8 Å². The molecule has 5 nitrogen and oxygen atoms in total. The summed E-state index contributed by atoms with van der Waals surface area (Å²) in [5.41, 5.74) is 4.21. The van der Waals surface area contributed by atoms with Gasteiger partial charge in [-0.2, -0.15) is 0 Å². The number of ether oxygens (including phenoxy) is 2. The van der Waals surface area contributed by atoms with E-state index in [-0.39, 0.29) is 5.56 Å². The van der Waals surface area contributed by atoms with Crippen LogP contribution in [0.5, 0.6) is 11.5 Å². The summed E-state index contributed by atoms with van der Waals surface area (Å²) in [6, 6.07) is 20.9. The van der Waals surface area contributed by atoms with E-state index in [1.165, 1.54) is 0 Å². The lowest BCUT2D eigenvalue weighted by molar-refractivity contribution is 0.0697. The third-order valence-electron chi connectivity index (χ3n) is 4.50. The predicted octanol–water partition coefficient (Wildman–Crippen LogP) is 5.28. The largest absolute Gasteiger partial charge is 0.490 e. The maximum Gasteiger partial charge on any atom is 0.335 e. The fourth-order valence-electron chi connectivity index (χ4n) is 2.98. The summed E-state index contributed by atoms with van der Waals surface area (Å²) in [4.78, 5) is 11.1. The van der Waals surface area contributed by atoms with Crippen LogP contribution in [0.4, 0.5) is 5.69 Å². The monoisotopic (exact) mass is 391 g/mol. The fourth-order valence-corrected chi connectivity index (χ4v) is 2.98. The van der Waals surface area contributed by atoms with Crippen molar-refractivity contribution >= 4 is 11.7 Å². The van der Waals surface area contributed by atoms with Gasteiger partial charge in [-0.3, -0.25) is 0 Å². The quantitative estimate of drug-likeness (QED) is 0.519. The third kappa shape index (κ3) is 5.51. The Hall–Kier alpha value is -3.47. The average Bonchev–Trinajstić information content (AvgIpc) is 2.73. The van der Waals surface area contributed by atoms with Crippen molar-refractivity contribution in [1.82, 2.24) is 0 Å². The lowest BCUT2D eigenvalue weighted by Gasteiger charge is -2.15. The van der Waals surface area contributed by atoms with Gasteiger partial charge in [0.15, 0.2) is 11.5 Å². The fraction of sp³-hybridized carbons (Fsp3) is 0.208. The molecule has 0 unspecified atom stereocenters. The van der Waals surface area contributed by atoms with Gasteiger partial charge in [0.25, 0.3) is 0 Å². The molecule has 0 aromatic heterocycles. The Morgan fingerprint density at radius 3 is 2.41 bits per heavy atom. The Morgan fingerprint density at radius 2 is 1.72 bits per heavy atom. The van der Waals surface area contributed by atoms with E-state index in [2.05, 4.69) is 5.32 Å². The van der Waals surface area contributed by atoms with E-state index < -0.39 is 5.97 Å². The Labute approximate surface area is 170 Å². The third-order valence-corrected chi connectivity index (χ3v) is 4.50. The minimum atomic E-state index is -0.924. The highest BCUT2D eigenvalue weighted by molar-refractivity contribution is 5.88. The molecule has 0 amide bonds. The molecule has 0 bridgehead atoms. The second kappa shape index (κ2) is 9.64. The van der Waals surface area contributed by atoms with Crippen LogP contribution in [0.25, 0.3) is 0 Å². The van der Waals surface area contributed by atoms with E-state index in [0.717, 1.165) is 22.4 Å². The number of carboxylic acids is 1. The highest BCUT2D eigenvalue weighted by atomic mass is 16.5. The van der Waals surface area contributed by atoms with Crippen molar-refractivity contribution in [2.75, 3.05) is 11.9 Å². The molecule has 0 aliphatic heterocycles. The van der Waals surface area contributed by atoms with Crippen molar-refractivity contribution < 1.29 is 19.4 Å². The number of hydrogen-bond donors (Lipinski definition) is 2. The molecule has 0 heterocycles. The molecule has 0 fully saturated rings. The molecule has 3 aromatic carbocycles. The van der Waals surface area contributed by atoms with E-state index in [1.807, 2.05) is 62.4 Å². The van der Waals surface area contributed by atoms with Gasteiger partial charge in [0, 0.05) is 12.2 Å². The number of rotatable bonds is 9. The Morgan fingerprint density at radius 1 is 0.931 bits per heavy atom. The summed E-state index contributed by atoms with van der Waals surface area (Å²) >= 11 is 0. The molecule has 0 aliphatic rings. The lowest BCUT2D eigenvalue weighted by Crippen LogP contribution is -2.05. The van der Waals surface area contributed by atoms with Crippen molar-refractivity contribution in [3.63, 3.8) is 0 Å². The maximum absolute atomic E-state index is 11.1. The zero-order valence-corrected chi connectivity index (χ0v) is 16.6. The van der Waals surface area contributed by atoms with Crippen LogP contribution >= 0.6 is 0 Å². The lowest BCUT2D eigenvalue weighted by atomic mass is 10.1. The molecule has 0 atom stereocenters. The molecule has 0 radical (unpaired) electrons. The van der Waals surface area contributed by atoms with Crippen LogP contribution in [0.2, 0.25) is 0 Å². The molecule has 5 heteroatoms. The van der Waals surface area contributed by atoms with Crippen molar-refractivity contribution in [2.45, 2.75) is 27.0 Å². The van der Waals surface area contributed by atoms with Gasteiger partial charge in [0.2, 0.25) is 0 Å². The van der Waals surface area contributed by atoms with Crippen LogP contribution in [0.15, 0.2) is 66.7 Å². The van der Waals surface area contributed by atoms with Gasteiger partial charge in [-0.15, -0.1) is 0 Å². The zero-order valence-electron chi connectivity index (χ0n) is 16.6. The molecule has 0 saturated heterocycles. The summed E-state index contributed by atoms with van der Waals surface area (Å²) in [6.07, 6.45) is 0. The standard InChI is InChI=1S/C24H25NO4/c1-3-28-23-14-19(9-12-22(23)29-16-18-7-5-4-6-8-18)15-25-21-11-10-20(24(26)27)13-17(21)2/h4-14,25H,3,15-16H2,1-2H3,(H,26,27). The number of aromatic carboxylic acids is 1. The number of anilines is 1. The van der Waals surface area contributed by atoms with Crippen LogP contribution in [-0.2, 0) is 13.2 Å². The molecule has 3 aromatic rings. The van der Waals surface area contributed by atoms with E-state index in [0.29, 0.717) is 31.3 Å². The van der Waals surface area contributed by atoms with Gasteiger partial charge >= 0.3 is 5.97 Å². The number of hydrogen-bond acceptors (Lipinski definition) is 4. The second-order valence-corrected chi connectivity index (χ2v) is 6.68. The van der Waals surface area contributed by atoms with Crippen molar-refractivity contribution in [2.24, 2.45) is 0 Å². The molecule has 0 spiro atoms. The van der Waals surface area contributed by atoms with Gasteiger partial charge in [-0.05, 0) is 60.9 Å². The smallest absolute Gasteiger partial charge is 0.335 e. The van der Waals surface area contributed by atoms with E-state index >= 15 is 0 Å². The number of carbonyl (C=O) groups is 1. The summed E-state index contributed by atoms with van der Waals surface area (Å²) in [7, 11) is 0. The zero-order chi connectivity index (χ0) is 20.6. The first-order valence-electron chi connectivity index (χ1n) is 9.57. The molecule has 150 valence electrons. The first-order chi connectivity index (χ1) is 14.1. The van der Waals surface area contributed by atoms with Crippen molar-refractivity contribution in [3.05, 3.63) is 89.0 Å². The summed E-state index contributed by atoms with van der Waals surface area (Å²) in [5.74, 6) is 0.495. The van der Waals surface area contributed by atoms with Gasteiger partial charge in [-0.25, -0.2) is 4.79 Å². The molecule has 3 rings (SSSR count). The molecule has 2 N–H and O–H groups in total. The van der Waals surface area contributed by atoms with E-state index in [9.17, 15) is 4.79 Å². The minimum absolute atomic E-state index is 0.284. The van der Waals surface area contributed by atoms with Crippen molar-refractivity contribution in [3.8, 4) is 11.5 Å². The first kappa shape index (κ1) is 20.3. The van der Waals surface area contributed by atoms with Crippen LogP contribution in [0, 0.1) is 6.92 Å². The number of carboxylic acid groups (broad SMARTS) is 1. The van der Waals surface area contributed by atoms with E-state index in [4.69, 9.17) is 14.6 Å². The van der Waals surface area contributed by atoms with Gasteiger partial charge < -0.3 is 19.9 Å². The Kier molecular flexibility index (Phi) is 6.74. The summed E-state index contributed by atoms with van der Waals surface area (Å²) < 4.78 is 11.7. The molecular formula is C24H25NO4. The number of aryl methyl sites for hydroxylation is 1. The second-order valence-electron chi connectivity index (χ2n) is 6.68. The summed E-state index contributed by atoms with van der Waals surface area (Å²) in [5, 5.41) is 12.4. The SMILES string of the molecule is CCOc1cc(CNc2ccc(C(=O)O)cc2C)ccc1OCc1ccccc1. The van der Waals surface area contributed by atoms with Crippen LogP contribution in [0.3, 0.4) is 0 Å². The normalized spacial score (nSPS) is 10.4. The molecule has 0 saturated carbocycles. The first-order valence-corrected chi connectivity index (χ1v) is 9.57. The minimum Gasteiger partial charge on any atom is -0.490 e. The van der Waals surface area contributed by atoms with E-state index in [1.54, 1.807) is 18.2 Å². The van der Waals surface area contributed by atoms with Crippen LogP contribution < -0.4 is 14.8 Å². The molecule has 0 aliphatic carbocycles. The van der Waals surface area contributed by atoms with Crippen molar-refractivity contribution in [1.29, 1.82) is 0 Å². The van der Waals surface area contributed by atoms with Gasteiger partial charge in [0.05, 0.1) is 12.2 Å². The van der Waals surface area contributed by atoms with Gasteiger partial charge in [0.1, 0.15) is 6.61 Å². The summed E-state index contributed by atoms with van der Waals surface area (Å²) in [6.45, 7) is 5.45. The van der Waals surface area contributed by atoms with Gasteiger partial charge in [-0.1, -0.05) is 36.4 Å².